The van der Waals surface area contributed by atoms with Crippen LogP contribution in [0.15, 0.2) is 47.3 Å². The third kappa shape index (κ3) is 3.59. The third-order valence-electron chi connectivity index (χ3n) is 4.24. The van der Waals surface area contributed by atoms with Crippen molar-refractivity contribution in [2.24, 2.45) is 0 Å². The number of anilines is 1. The van der Waals surface area contributed by atoms with E-state index in [-0.39, 0.29) is 11.5 Å². The highest BCUT2D eigenvalue weighted by Crippen LogP contribution is 2.29. The number of fused-ring (bicyclic) bond motifs is 1. The van der Waals surface area contributed by atoms with Gasteiger partial charge in [-0.1, -0.05) is 24.3 Å². The third-order valence-corrected chi connectivity index (χ3v) is 4.24. The Hall–Kier alpha value is -3.42. The van der Waals surface area contributed by atoms with Crippen molar-refractivity contribution in [2.75, 3.05) is 19.5 Å². The fourth-order valence-corrected chi connectivity index (χ4v) is 2.79. The molecule has 8 nitrogen and oxygen atoms in total. The molecule has 3 rings (SSSR count). The minimum atomic E-state index is -0.804. The Balaban J connectivity index is 1.94. The van der Waals surface area contributed by atoms with E-state index in [1.165, 1.54) is 7.11 Å². The molecule has 140 valence electrons. The van der Waals surface area contributed by atoms with Gasteiger partial charge in [0.05, 0.1) is 25.3 Å². The predicted octanol–water partition coefficient (Wildman–Crippen LogP) is 2.40. The molecule has 0 radical (unpaired) electrons. The van der Waals surface area contributed by atoms with Gasteiger partial charge in [-0.05, 0) is 30.7 Å². The van der Waals surface area contributed by atoms with Gasteiger partial charge in [0.1, 0.15) is 23.1 Å². The Morgan fingerprint density at radius 1 is 1.19 bits per heavy atom. The standard InChI is InChI=1S/C19H20N4O4/c1-4-16(23-19(25)13-7-5-6-8-14(13)21-22-23)18(24)20-15-10-9-12(26-2)11-17(15)27-3/h5-11,16H,4H2,1-3H3,(H,20,24). The van der Waals surface area contributed by atoms with E-state index in [1.807, 2.05) is 0 Å². The van der Waals surface area contributed by atoms with Crippen molar-refractivity contribution in [3.05, 3.63) is 52.8 Å². The molecule has 0 aliphatic carbocycles. The summed E-state index contributed by atoms with van der Waals surface area (Å²) in [5, 5.41) is 11.2. The van der Waals surface area contributed by atoms with Crippen LogP contribution in [0.1, 0.15) is 19.4 Å². The Labute approximate surface area is 155 Å². The molecule has 1 N–H and O–H groups in total. The van der Waals surface area contributed by atoms with Crippen LogP contribution in [0.4, 0.5) is 5.69 Å². The van der Waals surface area contributed by atoms with Gasteiger partial charge >= 0.3 is 0 Å². The molecule has 0 saturated heterocycles. The normalized spacial score (nSPS) is 11.8. The molecule has 3 aromatic rings. The van der Waals surface area contributed by atoms with Gasteiger partial charge in [-0.2, -0.15) is 4.68 Å². The maximum atomic E-state index is 12.8. The number of amides is 1. The molecule has 1 aromatic heterocycles. The molecule has 1 heterocycles. The van der Waals surface area contributed by atoms with Gasteiger partial charge in [0.25, 0.3) is 5.56 Å². The summed E-state index contributed by atoms with van der Waals surface area (Å²) in [4.78, 5) is 25.6. The summed E-state index contributed by atoms with van der Waals surface area (Å²) >= 11 is 0. The van der Waals surface area contributed by atoms with Crippen molar-refractivity contribution in [3.63, 3.8) is 0 Å². The number of carbonyl (C=O) groups excluding carboxylic acids is 1. The highest BCUT2D eigenvalue weighted by Gasteiger charge is 2.23. The number of carbonyl (C=O) groups is 1. The zero-order valence-corrected chi connectivity index (χ0v) is 15.3. The molecule has 0 spiro atoms. The largest absolute Gasteiger partial charge is 0.497 e. The summed E-state index contributed by atoms with van der Waals surface area (Å²) in [6, 6.07) is 11.1. The van der Waals surface area contributed by atoms with Gasteiger partial charge in [-0.15, -0.1) is 5.10 Å². The summed E-state index contributed by atoms with van der Waals surface area (Å²) in [6.07, 6.45) is 0.372. The van der Waals surface area contributed by atoms with Crippen molar-refractivity contribution in [2.45, 2.75) is 19.4 Å². The first kappa shape index (κ1) is 18.4. The van der Waals surface area contributed by atoms with Crippen molar-refractivity contribution in [1.29, 1.82) is 0 Å². The van der Waals surface area contributed by atoms with Gasteiger partial charge in [-0.25, -0.2) is 0 Å². The van der Waals surface area contributed by atoms with Gasteiger partial charge in [-0.3, -0.25) is 9.59 Å². The van der Waals surface area contributed by atoms with Crippen molar-refractivity contribution in [1.82, 2.24) is 15.0 Å². The number of hydrogen-bond donors (Lipinski definition) is 1. The molecular weight excluding hydrogens is 348 g/mol. The zero-order valence-electron chi connectivity index (χ0n) is 15.3. The van der Waals surface area contributed by atoms with Crippen LogP contribution in [0.3, 0.4) is 0 Å². The number of rotatable bonds is 6. The van der Waals surface area contributed by atoms with Crippen LogP contribution in [0.2, 0.25) is 0 Å². The van der Waals surface area contributed by atoms with E-state index in [0.29, 0.717) is 34.5 Å². The second-order valence-electron chi connectivity index (χ2n) is 5.84. The summed E-state index contributed by atoms with van der Waals surface area (Å²) in [6.45, 7) is 1.80. The second kappa shape index (κ2) is 7.86. The molecule has 0 fully saturated rings. The molecule has 0 aliphatic heterocycles. The van der Waals surface area contributed by atoms with E-state index >= 15 is 0 Å². The molecule has 0 aliphatic rings. The summed E-state index contributed by atoms with van der Waals surface area (Å²) in [7, 11) is 3.05. The Morgan fingerprint density at radius 2 is 1.96 bits per heavy atom. The first-order valence-electron chi connectivity index (χ1n) is 8.46. The fourth-order valence-electron chi connectivity index (χ4n) is 2.79. The van der Waals surface area contributed by atoms with Crippen LogP contribution in [-0.4, -0.2) is 35.1 Å². The van der Waals surface area contributed by atoms with Crippen molar-refractivity contribution >= 4 is 22.5 Å². The molecule has 0 bridgehead atoms. The van der Waals surface area contributed by atoms with Gasteiger partial charge in [0.2, 0.25) is 5.91 Å². The molecule has 0 saturated carbocycles. The number of nitrogens with zero attached hydrogens (tertiary/aromatic N) is 3. The Bertz CT molecular complexity index is 1030. The molecule has 8 heteroatoms. The van der Waals surface area contributed by atoms with Crippen LogP contribution < -0.4 is 20.3 Å². The van der Waals surface area contributed by atoms with Crippen LogP contribution in [-0.2, 0) is 4.79 Å². The predicted molar refractivity (Wildman–Crippen MR) is 101 cm³/mol. The summed E-state index contributed by atoms with van der Waals surface area (Å²) in [5.74, 6) is 0.677. The topological polar surface area (TPSA) is 95.3 Å². The minimum absolute atomic E-state index is 0.357. The number of ether oxygens (including phenoxy) is 2. The minimum Gasteiger partial charge on any atom is -0.497 e. The average Bonchev–Trinajstić information content (AvgIpc) is 2.70. The number of nitrogens with one attached hydrogen (secondary N) is 1. The van der Waals surface area contributed by atoms with Gasteiger partial charge < -0.3 is 14.8 Å². The lowest BCUT2D eigenvalue weighted by Gasteiger charge is -2.18. The van der Waals surface area contributed by atoms with E-state index in [2.05, 4.69) is 15.6 Å². The monoisotopic (exact) mass is 368 g/mol. The lowest BCUT2D eigenvalue weighted by molar-refractivity contribution is -0.119. The molecule has 1 atom stereocenters. The lowest BCUT2D eigenvalue weighted by Crippen LogP contribution is -2.35. The van der Waals surface area contributed by atoms with E-state index in [4.69, 9.17) is 9.47 Å². The van der Waals surface area contributed by atoms with Crippen LogP contribution in [0, 0.1) is 0 Å². The van der Waals surface area contributed by atoms with E-state index in [0.717, 1.165) is 4.68 Å². The number of benzene rings is 2. The van der Waals surface area contributed by atoms with Gasteiger partial charge in [0.15, 0.2) is 0 Å². The van der Waals surface area contributed by atoms with Gasteiger partial charge in [0, 0.05) is 6.07 Å². The van der Waals surface area contributed by atoms with E-state index in [9.17, 15) is 9.59 Å². The number of hydrogen-bond acceptors (Lipinski definition) is 6. The molecular formula is C19H20N4O4. The SMILES string of the molecule is CCC(C(=O)Nc1ccc(OC)cc1OC)n1nnc2ccccc2c1=O. The van der Waals surface area contributed by atoms with Crippen LogP contribution in [0.25, 0.3) is 10.9 Å². The lowest BCUT2D eigenvalue weighted by atomic mass is 10.2. The smallest absolute Gasteiger partial charge is 0.278 e. The molecule has 27 heavy (non-hydrogen) atoms. The maximum absolute atomic E-state index is 12.8. The van der Waals surface area contributed by atoms with Crippen molar-refractivity contribution < 1.29 is 14.3 Å². The number of aromatic nitrogens is 3. The molecule has 1 unspecified atom stereocenters. The van der Waals surface area contributed by atoms with E-state index < -0.39 is 6.04 Å². The first-order chi connectivity index (χ1) is 13.1. The van der Waals surface area contributed by atoms with Crippen molar-refractivity contribution in [3.8, 4) is 11.5 Å². The Kier molecular flexibility index (Phi) is 5.35. The summed E-state index contributed by atoms with van der Waals surface area (Å²) in [5.41, 5.74) is 0.610. The highest BCUT2D eigenvalue weighted by atomic mass is 16.5. The molecule has 2 aromatic carbocycles. The first-order valence-corrected chi connectivity index (χ1v) is 8.46. The van der Waals surface area contributed by atoms with Crippen LogP contribution in [0.5, 0.6) is 11.5 Å². The zero-order chi connectivity index (χ0) is 19.4. The molecule has 1 amide bonds. The average molecular weight is 368 g/mol. The van der Waals surface area contributed by atoms with Crippen LogP contribution >= 0.6 is 0 Å². The summed E-state index contributed by atoms with van der Waals surface area (Å²) < 4.78 is 11.6. The van der Waals surface area contributed by atoms with E-state index in [1.54, 1.807) is 56.5 Å². The number of methoxy groups -OCH3 is 2. The maximum Gasteiger partial charge on any atom is 0.278 e. The second-order valence-corrected chi connectivity index (χ2v) is 5.84. The fraction of sp³-hybridized carbons (Fsp3) is 0.263. The quantitative estimate of drug-likeness (QED) is 0.718. The highest BCUT2D eigenvalue weighted by molar-refractivity contribution is 5.95. The Morgan fingerprint density at radius 3 is 2.67 bits per heavy atom.